The highest BCUT2D eigenvalue weighted by Gasteiger charge is 2.42. The first kappa shape index (κ1) is 60.3. The second-order valence-electron chi connectivity index (χ2n) is 23.4. The van der Waals surface area contributed by atoms with Crippen molar-refractivity contribution >= 4 is 74.7 Å². The standard InChI is InChI=1S/C64H81ClN14O7/c1-5-53-62(82)74(3)55-39-68-63(71-60(55)79(53)45-14-6-7-15-45)69-51-21-20-44(38-56(51)83-4)61(81)67-27-35-84-36-37-85-48-23-30-75(31-24-48)29-11-19-57(80)78-34-33-77(40-46(78)22-26-66)59-49-25-32-76(54-18-9-13-43-12-8-17-50(65)58(43)54)41-52(49)70-64(72-59)86-42-47-16-10-28-73(47)2/h8-9,11-13,17-21,38-39,45-48,53H,5-7,10,14-16,22-25,27-37,40-42H2,1-4H3,(H,67,81)(H,68,69,71)/b19-11+/t46?,47?,53-/m1/s1. The first-order chi connectivity index (χ1) is 42.0. The summed E-state index contributed by atoms with van der Waals surface area (Å²) in [5.41, 5.74) is 4.80. The fourth-order valence-corrected chi connectivity index (χ4v) is 13.6. The van der Waals surface area contributed by atoms with Gasteiger partial charge in [0.2, 0.25) is 17.8 Å². The van der Waals surface area contributed by atoms with E-state index in [2.05, 4.69) is 77.5 Å². The van der Waals surface area contributed by atoms with Gasteiger partial charge in [-0.3, -0.25) is 19.3 Å². The number of aromatic nitrogens is 4. The van der Waals surface area contributed by atoms with Gasteiger partial charge in [0.15, 0.2) is 5.82 Å². The smallest absolute Gasteiger partial charge is 0.318 e. The Morgan fingerprint density at radius 2 is 1.70 bits per heavy atom. The van der Waals surface area contributed by atoms with Crippen molar-refractivity contribution in [2.24, 2.45) is 0 Å². The van der Waals surface area contributed by atoms with E-state index in [1.165, 1.54) is 0 Å². The van der Waals surface area contributed by atoms with Gasteiger partial charge in [0.1, 0.15) is 29.9 Å². The van der Waals surface area contributed by atoms with E-state index in [-0.39, 0.29) is 48.4 Å². The summed E-state index contributed by atoms with van der Waals surface area (Å²) in [6.45, 7) is 10.3. The van der Waals surface area contributed by atoms with Gasteiger partial charge in [-0.25, -0.2) is 4.98 Å². The number of likely N-dealkylation sites (tertiary alicyclic amines) is 2. The van der Waals surface area contributed by atoms with E-state index in [9.17, 15) is 19.6 Å². The van der Waals surface area contributed by atoms with Crippen molar-refractivity contribution in [3.8, 4) is 17.8 Å². The Hall–Kier alpha value is -7.35. The van der Waals surface area contributed by atoms with Gasteiger partial charge in [-0.15, -0.1) is 0 Å². The van der Waals surface area contributed by atoms with Gasteiger partial charge in [-0.1, -0.05) is 61.7 Å². The number of rotatable bonds is 22. The highest BCUT2D eigenvalue weighted by Crippen LogP contribution is 2.42. The highest BCUT2D eigenvalue weighted by atomic mass is 35.5. The summed E-state index contributed by atoms with van der Waals surface area (Å²) >= 11 is 6.81. The molecule has 86 heavy (non-hydrogen) atoms. The van der Waals surface area contributed by atoms with Gasteiger partial charge in [0, 0.05) is 99.8 Å². The molecule has 3 saturated heterocycles. The largest absolute Gasteiger partial charge is 0.495 e. The quantitative estimate of drug-likeness (QED) is 0.0501. The van der Waals surface area contributed by atoms with Gasteiger partial charge in [-0.05, 0) is 101 Å². The number of halogens is 1. The van der Waals surface area contributed by atoms with Crippen LogP contribution in [0, 0.1) is 11.3 Å². The third-order valence-electron chi connectivity index (χ3n) is 18.1. The molecule has 456 valence electrons. The van der Waals surface area contributed by atoms with Crippen molar-refractivity contribution < 1.29 is 33.3 Å². The molecule has 3 atom stereocenters. The van der Waals surface area contributed by atoms with Gasteiger partial charge in [0.05, 0.1) is 80.7 Å². The number of hydrogen-bond acceptors (Lipinski definition) is 18. The Kier molecular flexibility index (Phi) is 19.6. The number of fused-ring (bicyclic) bond motifs is 3. The predicted octanol–water partition coefficient (Wildman–Crippen LogP) is 7.78. The number of hydrogen-bond donors (Lipinski definition) is 2. The lowest BCUT2D eigenvalue weighted by Gasteiger charge is -2.43. The van der Waals surface area contributed by atoms with Crippen molar-refractivity contribution in [2.75, 3.05) is 131 Å². The number of carbonyl (C=O) groups excluding carboxylic acids is 3. The number of piperidine rings is 1. The molecule has 6 aliphatic rings. The van der Waals surface area contributed by atoms with Gasteiger partial charge >= 0.3 is 6.01 Å². The molecule has 0 spiro atoms. The molecule has 22 heteroatoms. The summed E-state index contributed by atoms with van der Waals surface area (Å²) in [4.78, 5) is 75.0. The lowest BCUT2D eigenvalue weighted by Crippen LogP contribution is -2.55. The number of nitrogens with zero attached hydrogens (tertiary/aromatic N) is 12. The van der Waals surface area contributed by atoms with Crippen LogP contribution in [-0.2, 0) is 32.0 Å². The molecule has 5 aliphatic heterocycles. The van der Waals surface area contributed by atoms with E-state index in [0.29, 0.717) is 113 Å². The molecule has 0 radical (unpaired) electrons. The van der Waals surface area contributed by atoms with E-state index in [1.807, 2.05) is 30.0 Å². The molecule has 2 N–H and O–H groups in total. The Bertz CT molecular complexity index is 3290. The maximum Gasteiger partial charge on any atom is 0.318 e. The zero-order valence-electron chi connectivity index (χ0n) is 50.1. The molecule has 3 amide bonds. The van der Waals surface area contributed by atoms with Crippen LogP contribution >= 0.6 is 11.6 Å². The minimum absolute atomic E-state index is 0.0611. The molecule has 21 nitrogen and oxygen atoms in total. The predicted molar refractivity (Wildman–Crippen MR) is 333 cm³/mol. The van der Waals surface area contributed by atoms with Crippen LogP contribution < -0.4 is 39.7 Å². The van der Waals surface area contributed by atoms with Crippen LogP contribution in [0.15, 0.2) is 72.9 Å². The Morgan fingerprint density at radius 3 is 2.48 bits per heavy atom. The molecular weight excluding hydrogens is 1110 g/mol. The first-order valence-corrected chi connectivity index (χ1v) is 31.2. The van der Waals surface area contributed by atoms with E-state index in [0.717, 1.165) is 128 Å². The van der Waals surface area contributed by atoms with Gasteiger partial charge < -0.3 is 59.0 Å². The molecule has 5 aromatic rings. The second kappa shape index (κ2) is 28.0. The van der Waals surface area contributed by atoms with Crippen molar-refractivity contribution in [3.05, 3.63) is 94.8 Å². The molecule has 4 fully saturated rings. The number of ether oxygens (including phenoxy) is 4. The maximum atomic E-state index is 13.9. The van der Waals surface area contributed by atoms with E-state index in [1.54, 1.807) is 49.5 Å². The van der Waals surface area contributed by atoms with Crippen molar-refractivity contribution in [3.63, 3.8) is 0 Å². The van der Waals surface area contributed by atoms with Gasteiger partial charge in [0.25, 0.3) is 5.91 Å². The average Bonchev–Trinajstić information content (AvgIpc) is 1.42. The summed E-state index contributed by atoms with van der Waals surface area (Å²) in [7, 11) is 5.47. The van der Waals surface area contributed by atoms with E-state index >= 15 is 0 Å². The van der Waals surface area contributed by atoms with Crippen LogP contribution in [0.2, 0.25) is 5.02 Å². The minimum atomic E-state index is -0.316. The maximum absolute atomic E-state index is 13.9. The zero-order chi connectivity index (χ0) is 59.7. The summed E-state index contributed by atoms with van der Waals surface area (Å²) < 4.78 is 24.1. The lowest BCUT2D eigenvalue weighted by molar-refractivity contribution is -0.128. The molecule has 1 saturated carbocycles. The van der Waals surface area contributed by atoms with Crippen LogP contribution in [0.1, 0.15) is 92.7 Å². The molecule has 0 bridgehead atoms. The normalized spacial score (nSPS) is 20.6. The van der Waals surface area contributed by atoms with Crippen LogP contribution in [0.25, 0.3) is 10.8 Å². The highest BCUT2D eigenvalue weighted by molar-refractivity contribution is 6.36. The number of amides is 3. The number of carbonyl (C=O) groups is 3. The summed E-state index contributed by atoms with van der Waals surface area (Å²) in [5.74, 6) is 2.13. The Labute approximate surface area is 509 Å². The number of methoxy groups -OCH3 is 1. The van der Waals surface area contributed by atoms with Crippen molar-refractivity contribution in [1.82, 2.24) is 40.0 Å². The summed E-state index contributed by atoms with van der Waals surface area (Å²) in [6, 6.07) is 20.2. The fourth-order valence-electron chi connectivity index (χ4n) is 13.3. The first-order valence-electron chi connectivity index (χ1n) is 30.8. The van der Waals surface area contributed by atoms with E-state index in [4.69, 9.17) is 45.5 Å². The molecule has 2 aromatic heterocycles. The van der Waals surface area contributed by atoms with Crippen LogP contribution in [0.5, 0.6) is 11.8 Å². The molecule has 2 unspecified atom stereocenters. The second-order valence-corrected chi connectivity index (χ2v) is 23.8. The Balaban J connectivity index is 0.608. The zero-order valence-corrected chi connectivity index (χ0v) is 50.9. The third kappa shape index (κ3) is 13.6. The third-order valence-corrected chi connectivity index (χ3v) is 18.4. The number of piperazine rings is 1. The topological polar surface area (TPSA) is 210 Å². The minimum Gasteiger partial charge on any atom is -0.495 e. The van der Waals surface area contributed by atoms with Crippen molar-refractivity contribution in [2.45, 2.75) is 114 Å². The number of nitrogens with one attached hydrogen (secondary N) is 2. The molecular formula is C64H81ClN14O7. The monoisotopic (exact) mass is 1190 g/mol. The fraction of sp³-hybridized carbons (Fsp3) is 0.531. The van der Waals surface area contributed by atoms with E-state index < -0.39 is 0 Å². The lowest BCUT2D eigenvalue weighted by atomic mass is 10.0. The number of nitriles is 1. The van der Waals surface area contributed by atoms with Crippen molar-refractivity contribution in [1.29, 1.82) is 5.26 Å². The summed E-state index contributed by atoms with van der Waals surface area (Å²) in [5, 5.41) is 19.1. The van der Waals surface area contributed by atoms with Crippen LogP contribution in [0.4, 0.5) is 34.6 Å². The SMILES string of the molecule is CC[C@@H]1C(=O)N(C)c2cnc(Nc3ccc(C(=O)NCCOCCOC4CCN(C/C=C/C(=O)N5CCN(c6nc(OCC7CCCN7C)nc7c6CCN(c6cccc8cccc(Cl)c68)C7)CC5CC#N)CC4)cc3OC)nc2N1C1CCCC1. The molecule has 3 aromatic carbocycles. The number of anilines is 6. The number of benzene rings is 3. The van der Waals surface area contributed by atoms with Crippen LogP contribution in [-0.4, -0.2) is 189 Å². The summed E-state index contributed by atoms with van der Waals surface area (Å²) in [6.07, 6.45) is 15.3. The van der Waals surface area contributed by atoms with Crippen LogP contribution in [0.3, 0.4) is 0 Å². The van der Waals surface area contributed by atoms with Gasteiger partial charge in [-0.2, -0.15) is 20.2 Å². The molecule has 7 heterocycles. The number of likely N-dealkylation sites (N-methyl/N-ethyl adjacent to an activating group) is 2. The average molecular weight is 1190 g/mol. The molecule has 11 rings (SSSR count). The Morgan fingerprint density at radius 1 is 0.872 bits per heavy atom. The molecule has 1 aliphatic carbocycles.